The van der Waals surface area contributed by atoms with E-state index in [1.165, 1.54) is 0 Å². The van der Waals surface area contributed by atoms with E-state index in [1.54, 1.807) is 41.2 Å². The molecule has 3 rings (SSSR count). The second kappa shape index (κ2) is 6.65. The number of anilines is 1. The van der Waals surface area contributed by atoms with Gasteiger partial charge in [-0.1, -0.05) is 23.7 Å². The number of aryl methyl sites for hydroxylation is 1. The van der Waals surface area contributed by atoms with Crippen molar-refractivity contribution in [2.75, 3.05) is 12.4 Å². The van der Waals surface area contributed by atoms with Crippen LogP contribution < -0.4 is 5.32 Å². The third-order valence-electron chi connectivity index (χ3n) is 4.34. The van der Waals surface area contributed by atoms with Crippen LogP contribution in [-0.2, 0) is 16.1 Å². The topological polar surface area (TPSA) is 67.2 Å². The highest BCUT2D eigenvalue weighted by Crippen LogP contribution is 2.38. The molecule has 0 radical (unpaired) electrons. The maximum atomic E-state index is 12.7. The Hall–Kier alpha value is -2.34. The van der Waals surface area contributed by atoms with E-state index in [-0.39, 0.29) is 24.3 Å². The molecule has 2 unspecified atom stereocenters. The highest BCUT2D eigenvalue weighted by atomic mass is 35.5. The summed E-state index contributed by atoms with van der Waals surface area (Å²) in [4.78, 5) is 26.5. The fraction of sp³-hybridized carbons (Fsp3) is 0.353. The quantitative estimate of drug-likeness (QED) is 0.925. The van der Waals surface area contributed by atoms with Crippen molar-refractivity contribution in [3.05, 3.63) is 47.2 Å². The number of likely N-dealkylation sites (tertiary alicyclic amines) is 1. The summed E-state index contributed by atoms with van der Waals surface area (Å²) in [7, 11) is 1.72. The lowest BCUT2D eigenvalue weighted by atomic mass is 9.93. The van der Waals surface area contributed by atoms with Gasteiger partial charge in [0, 0.05) is 31.2 Å². The van der Waals surface area contributed by atoms with Gasteiger partial charge in [0.2, 0.25) is 11.8 Å². The second-order valence-electron chi connectivity index (χ2n) is 5.89. The average molecular weight is 347 g/mol. The van der Waals surface area contributed by atoms with Crippen molar-refractivity contribution in [3.8, 4) is 0 Å². The van der Waals surface area contributed by atoms with Crippen molar-refractivity contribution in [2.24, 2.45) is 5.92 Å². The van der Waals surface area contributed by atoms with E-state index >= 15 is 0 Å². The molecule has 1 saturated heterocycles. The van der Waals surface area contributed by atoms with Crippen molar-refractivity contribution >= 4 is 29.1 Å². The molecule has 1 aliphatic heterocycles. The van der Waals surface area contributed by atoms with E-state index in [1.807, 2.05) is 19.1 Å². The third-order valence-corrected chi connectivity index (χ3v) is 4.57. The number of benzene rings is 1. The van der Waals surface area contributed by atoms with Crippen LogP contribution in [-0.4, -0.2) is 33.5 Å². The number of aromatic nitrogens is 2. The minimum atomic E-state index is -0.467. The number of halogens is 1. The van der Waals surface area contributed by atoms with Gasteiger partial charge in [0.1, 0.15) is 0 Å². The molecule has 2 aromatic rings. The van der Waals surface area contributed by atoms with Crippen LogP contribution in [0.2, 0.25) is 5.02 Å². The zero-order chi connectivity index (χ0) is 17.3. The van der Waals surface area contributed by atoms with Gasteiger partial charge in [-0.3, -0.25) is 14.3 Å². The fourth-order valence-electron chi connectivity index (χ4n) is 3.09. The summed E-state index contributed by atoms with van der Waals surface area (Å²) in [6.45, 7) is 2.70. The fourth-order valence-corrected chi connectivity index (χ4v) is 3.29. The molecule has 1 N–H and O–H groups in total. The lowest BCUT2D eigenvalue weighted by Crippen LogP contribution is -2.29. The summed E-state index contributed by atoms with van der Waals surface area (Å²) in [5.41, 5.74) is 1.49. The number of nitrogens with zero attached hydrogens (tertiary/aromatic N) is 3. The maximum Gasteiger partial charge on any atom is 0.230 e. The third kappa shape index (κ3) is 3.14. The number of nitrogens with one attached hydrogen (secondary N) is 1. The van der Waals surface area contributed by atoms with Crippen molar-refractivity contribution in [1.82, 2.24) is 14.7 Å². The molecule has 2 atom stereocenters. The lowest BCUT2D eigenvalue weighted by Gasteiger charge is -2.25. The Morgan fingerprint density at radius 3 is 2.92 bits per heavy atom. The molecule has 0 bridgehead atoms. The van der Waals surface area contributed by atoms with Crippen LogP contribution in [0.15, 0.2) is 36.7 Å². The molecule has 0 aliphatic carbocycles. The van der Waals surface area contributed by atoms with E-state index in [0.717, 1.165) is 12.1 Å². The zero-order valence-corrected chi connectivity index (χ0v) is 14.3. The first kappa shape index (κ1) is 16.5. The van der Waals surface area contributed by atoms with Crippen LogP contribution in [0.25, 0.3) is 0 Å². The molecule has 24 heavy (non-hydrogen) atoms. The number of carbonyl (C=O) groups excluding carboxylic acids is 2. The summed E-state index contributed by atoms with van der Waals surface area (Å²) < 4.78 is 1.73. The normalized spacial score (nSPS) is 20.5. The van der Waals surface area contributed by atoms with Gasteiger partial charge in [-0.15, -0.1) is 0 Å². The SMILES string of the molecule is CCn1cc(NC(=O)C2CC(=O)N(C)C2c2cccc(Cl)c2)cn1. The van der Waals surface area contributed by atoms with Crippen LogP contribution in [0.1, 0.15) is 24.9 Å². The van der Waals surface area contributed by atoms with Crippen LogP contribution in [0.5, 0.6) is 0 Å². The molecule has 1 aliphatic rings. The number of rotatable bonds is 4. The van der Waals surface area contributed by atoms with E-state index in [4.69, 9.17) is 11.6 Å². The van der Waals surface area contributed by atoms with Gasteiger partial charge in [0.25, 0.3) is 0 Å². The minimum Gasteiger partial charge on any atom is -0.338 e. The Morgan fingerprint density at radius 2 is 2.25 bits per heavy atom. The van der Waals surface area contributed by atoms with Gasteiger partial charge in [0.05, 0.1) is 23.8 Å². The Kier molecular flexibility index (Phi) is 4.57. The Morgan fingerprint density at radius 1 is 1.46 bits per heavy atom. The van der Waals surface area contributed by atoms with E-state index in [0.29, 0.717) is 10.7 Å². The van der Waals surface area contributed by atoms with Crippen molar-refractivity contribution < 1.29 is 9.59 Å². The predicted molar refractivity (Wildman–Crippen MR) is 91.6 cm³/mol. The predicted octanol–water partition coefficient (Wildman–Crippen LogP) is 2.71. The molecular formula is C17H19ClN4O2. The van der Waals surface area contributed by atoms with Gasteiger partial charge in [-0.25, -0.2) is 0 Å². The number of hydrogen-bond donors (Lipinski definition) is 1. The highest BCUT2D eigenvalue weighted by Gasteiger charge is 2.42. The van der Waals surface area contributed by atoms with Crippen molar-refractivity contribution in [2.45, 2.75) is 25.9 Å². The van der Waals surface area contributed by atoms with Crippen LogP contribution in [0, 0.1) is 5.92 Å². The summed E-state index contributed by atoms with van der Waals surface area (Å²) in [5.74, 6) is -0.705. The van der Waals surface area contributed by atoms with Crippen LogP contribution in [0.3, 0.4) is 0 Å². The van der Waals surface area contributed by atoms with E-state index in [2.05, 4.69) is 10.4 Å². The van der Waals surface area contributed by atoms with Gasteiger partial charge < -0.3 is 10.2 Å². The summed E-state index contributed by atoms with van der Waals surface area (Å²) in [6, 6.07) is 6.97. The van der Waals surface area contributed by atoms with E-state index in [9.17, 15) is 9.59 Å². The van der Waals surface area contributed by atoms with Crippen molar-refractivity contribution in [3.63, 3.8) is 0 Å². The molecule has 0 spiro atoms. The molecule has 1 fully saturated rings. The largest absolute Gasteiger partial charge is 0.338 e. The molecule has 1 aromatic carbocycles. The summed E-state index contributed by atoms with van der Waals surface area (Å²) in [5, 5.41) is 7.59. The average Bonchev–Trinajstić information content (AvgIpc) is 3.12. The van der Waals surface area contributed by atoms with Crippen LogP contribution in [0.4, 0.5) is 5.69 Å². The van der Waals surface area contributed by atoms with E-state index < -0.39 is 5.92 Å². The molecule has 0 saturated carbocycles. The van der Waals surface area contributed by atoms with Gasteiger partial charge in [0.15, 0.2) is 0 Å². The number of amides is 2. The Bertz CT molecular complexity index is 773. The Labute approximate surface area is 145 Å². The Balaban J connectivity index is 1.84. The minimum absolute atomic E-state index is 0.0515. The molecule has 6 nitrogen and oxygen atoms in total. The molecule has 1 aromatic heterocycles. The number of hydrogen-bond acceptors (Lipinski definition) is 3. The standard InChI is InChI=1S/C17H19ClN4O2/c1-3-22-10-13(9-19-22)20-17(24)14-8-15(23)21(2)16(14)11-5-4-6-12(18)7-11/h4-7,9-10,14,16H,3,8H2,1-2H3,(H,20,24). The lowest BCUT2D eigenvalue weighted by molar-refractivity contribution is -0.127. The second-order valence-corrected chi connectivity index (χ2v) is 6.33. The highest BCUT2D eigenvalue weighted by molar-refractivity contribution is 6.30. The van der Waals surface area contributed by atoms with Crippen LogP contribution >= 0.6 is 11.6 Å². The smallest absolute Gasteiger partial charge is 0.230 e. The molecule has 2 amide bonds. The first-order valence-electron chi connectivity index (χ1n) is 7.84. The molecular weight excluding hydrogens is 328 g/mol. The van der Waals surface area contributed by atoms with Gasteiger partial charge >= 0.3 is 0 Å². The van der Waals surface area contributed by atoms with Crippen molar-refractivity contribution in [1.29, 1.82) is 0 Å². The zero-order valence-electron chi connectivity index (χ0n) is 13.6. The first-order chi connectivity index (χ1) is 11.5. The molecule has 2 heterocycles. The monoisotopic (exact) mass is 346 g/mol. The summed E-state index contributed by atoms with van der Waals surface area (Å²) in [6.07, 6.45) is 3.56. The maximum absolute atomic E-state index is 12.7. The molecule has 126 valence electrons. The van der Waals surface area contributed by atoms with Gasteiger partial charge in [-0.2, -0.15) is 5.10 Å². The first-order valence-corrected chi connectivity index (χ1v) is 8.22. The summed E-state index contributed by atoms with van der Waals surface area (Å²) >= 11 is 6.07. The number of carbonyl (C=O) groups is 2. The molecule has 7 heteroatoms. The van der Waals surface area contributed by atoms with Gasteiger partial charge in [-0.05, 0) is 24.6 Å².